The molecule has 2 aromatic carbocycles. The number of fused-ring (bicyclic) bond motifs is 4. The highest BCUT2D eigenvalue weighted by Gasteiger charge is 2.28. The van der Waals surface area contributed by atoms with Gasteiger partial charge >= 0.3 is 0 Å². The number of amides is 1. The zero-order chi connectivity index (χ0) is 23.5. The standard InChI is InChI=1S/C27H24N6OS/c1-32-22-10-18(6-7-19(22)13-29-32)26-21-12-24-20(27(21)31-30-26)11-23(35-24)17-4-2-16(3-5-17)15-33-9-8-28-14-25(33)34/h2-7,10-11,13,28H,8-9,12,14-15H2,1H3,(H,30,31). The first kappa shape index (κ1) is 20.6. The minimum absolute atomic E-state index is 0.171. The van der Waals surface area contributed by atoms with Crippen LogP contribution in [0.2, 0.25) is 0 Å². The van der Waals surface area contributed by atoms with Crippen molar-refractivity contribution in [1.29, 1.82) is 0 Å². The first-order valence-electron chi connectivity index (χ1n) is 11.8. The minimum Gasteiger partial charge on any atom is -0.336 e. The van der Waals surface area contributed by atoms with Gasteiger partial charge in [-0.25, -0.2) is 0 Å². The Bertz CT molecular complexity index is 1590. The van der Waals surface area contributed by atoms with Gasteiger partial charge < -0.3 is 10.2 Å². The molecule has 0 atom stereocenters. The molecule has 7 nitrogen and oxygen atoms in total. The fraction of sp³-hybridized carbons (Fsp3) is 0.222. The molecular formula is C27H24N6OS. The van der Waals surface area contributed by atoms with Gasteiger partial charge in [-0.1, -0.05) is 36.4 Å². The lowest BCUT2D eigenvalue weighted by atomic mass is 10.0. The van der Waals surface area contributed by atoms with Crippen LogP contribution < -0.4 is 5.32 Å². The fourth-order valence-corrected chi connectivity index (χ4v) is 6.36. The molecule has 4 heterocycles. The average molecular weight is 481 g/mol. The Morgan fingerprint density at radius 1 is 1.09 bits per heavy atom. The van der Waals surface area contributed by atoms with Gasteiger partial charge in [-0.15, -0.1) is 11.3 Å². The van der Waals surface area contributed by atoms with Gasteiger partial charge in [0.15, 0.2) is 0 Å². The molecule has 1 aliphatic heterocycles. The number of piperazine rings is 1. The zero-order valence-electron chi connectivity index (χ0n) is 19.3. The van der Waals surface area contributed by atoms with Crippen molar-refractivity contribution in [3.63, 3.8) is 0 Å². The number of hydrogen-bond donors (Lipinski definition) is 2. The van der Waals surface area contributed by atoms with Crippen LogP contribution in [-0.4, -0.2) is 50.4 Å². The Kier molecular flexibility index (Phi) is 4.65. The summed E-state index contributed by atoms with van der Waals surface area (Å²) < 4.78 is 1.90. The van der Waals surface area contributed by atoms with Crippen molar-refractivity contribution in [3.05, 3.63) is 70.7 Å². The van der Waals surface area contributed by atoms with Crippen molar-refractivity contribution in [1.82, 2.24) is 30.2 Å². The van der Waals surface area contributed by atoms with E-state index in [0.717, 1.165) is 47.4 Å². The molecule has 7 rings (SSSR count). The number of aromatic amines is 1. The van der Waals surface area contributed by atoms with Crippen LogP contribution in [0.25, 0.3) is 43.9 Å². The van der Waals surface area contributed by atoms with Gasteiger partial charge in [0.05, 0.1) is 29.6 Å². The molecule has 0 bridgehead atoms. The Labute approximate surface area is 206 Å². The van der Waals surface area contributed by atoms with Gasteiger partial charge in [-0.05, 0) is 23.3 Å². The van der Waals surface area contributed by atoms with Gasteiger partial charge in [-0.3, -0.25) is 14.6 Å². The molecule has 0 radical (unpaired) electrons. The number of carbonyl (C=O) groups excluding carboxylic acids is 1. The largest absolute Gasteiger partial charge is 0.336 e. The number of carbonyl (C=O) groups is 1. The third kappa shape index (κ3) is 3.40. The van der Waals surface area contributed by atoms with Gasteiger partial charge in [0.25, 0.3) is 0 Å². The SMILES string of the molecule is Cn1ncc2ccc(-c3n[nH]c4c3Cc3sc(-c5ccc(CN6CCNCC6=O)cc5)cc3-4)cc21. The number of aromatic nitrogens is 4. The topological polar surface area (TPSA) is 78.8 Å². The Balaban J connectivity index is 1.15. The Hall–Kier alpha value is -3.75. The zero-order valence-corrected chi connectivity index (χ0v) is 20.2. The van der Waals surface area contributed by atoms with E-state index in [1.165, 1.54) is 32.0 Å². The summed E-state index contributed by atoms with van der Waals surface area (Å²) >= 11 is 1.85. The molecule has 0 saturated carbocycles. The van der Waals surface area contributed by atoms with Gasteiger partial charge in [-0.2, -0.15) is 10.2 Å². The van der Waals surface area contributed by atoms with Crippen LogP contribution in [0.5, 0.6) is 0 Å². The van der Waals surface area contributed by atoms with Crippen molar-refractivity contribution in [2.45, 2.75) is 13.0 Å². The van der Waals surface area contributed by atoms with Gasteiger partial charge in [0.1, 0.15) is 0 Å². The fourth-order valence-electron chi connectivity index (χ4n) is 5.17. The van der Waals surface area contributed by atoms with Gasteiger partial charge in [0.2, 0.25) is 5.91 Å². The smallest absolute Gasteiger partial charge is 0.236 e. The Morgan fingerprint density at radius 3 is 2.80 bits per heavy atom. The highest BCUT2D eigenvalue weighted by atomic mass is 32.1. The highest BCUT2D eigenvalue weighted by Crippen LogP contribution is 2.46. The minimum atomic E-state index is 0.171. The molecule has 3 aromatic heterocycles. The first-order chi connectivity index (χ1) is 17.1. The number of benzene rings is 2. The maximum Gasteiger partial charge on any atom is 0.236 e. The molecule has 35 heavy (non-hydrogen) atoms. The summed E-state index contributed by atoms with van der Waals surface area (Å²) in [6.07, 6.45) is 2.79. The van der Waals surface area contributed by atoms with Crippen molar-refractivity contribution in [3.8, 4) is 33.0 Å². The lowest BCUT2D eigenvalue weighted by molar-refractivity contribution is -0.132. The molecule has 1 amide bonds. The predicted octanol–water partition coefficient (Wildman–Crippen LogP) is 4.19. The van der Waals surface area contributed by atoms with Crippen molar-refractivity contribution in [2.24, 2.45) is 7.05 Å². The summed E-state index contributed by atoms with van der Waals surface area (Å²) in [5, 5.41) is 16.6. The second-order valence-corrected chi connectivity index (χ2v) is 10.4. The van der Waals surface area contributed by atoms with E-state index in [4.69, 9.17) is 5.10 Å². The molecule has 0 unspecified atom stereocenters. The monoisotopic (exact) mass is 480 g/mol. The summed E-state index contributed by atoms with van der Waals surface area (Å²) in [6, 6.07) is 17.3. The van der Waals surface area contributed by atoms with Crippen LogP contribution >= 0.6 is 11.3 Å². The molecule has 1 saturated heterocycles. The molecular weight excluding hydrogens is 456 g/mol. The van der Waals surface area contributed by atoms with E-state index in [2.05, 4.69) is 64.0 Å². The van der Waals surface area contributed by atoms with E-state index in [-0.39, 0.29) is 5.91 Å². The van der Waals surface area contributed by atoms with Crippen LogP contribution in [0.15, 0.2) is 54.7 Å². The number of aryl methyl sites for hydroxylation is 1. The molecule has 1 aliphatic carbocycles. The number of hydrogen-bond acceptors (Lipinski definition) is 5. The summed E-state index contributed by atoms with van der Waals surface area (Å²) in [4.78, 5) is 16.6. The van der Waals surface area contributed by atoms with E-state index in [1.807, 2.05) is 34.2 Å². The molecule has 1 fully saturated rings. The quantitative estimate of drug-likeness (QED) is 0.397. The van der Waals surface area contributed by atoms with E-state index in [9.17, 15) is 4.79 Å². The van der Waals surface area contributed by atoms with Crippen molar-refractivity contribution >= 4 is 28.1 Å². The van der Waals surface area contributed by atoms with E-state index >= 15 is 0 Å². The lowest BCUT2D eigenvalue weighted by Crippen LogP contribution is -2.47. The molecule has 2 aliphatic rings. The summed E-state index contributed by atoms with van der Waals surface area (Å²) in [7, 11) is 1.97. The molecule has 2 N–H and O–H groups in total. The van der Waals surface area contributed by atoms with Crippen LogP contribution in [0.3, 0.4) is 0 Å². The third-order valence-electron chi connectivity index (χ3n) is 7.10. The number of rotatable bonds is 4. The molecule has 5 aromatic rings. The summed E-state index contributed by atoms with van der Waals surface area (Å²) in [5.74, 6) is 0.171. The average Bonchev–Trinajstić information content (AvgIpc) is 3.63. The second-order valence-electron chi connectivity index (χ2n) is 9.28. The third-order valence-corrected chi connectivity index (χ3v) is 8.29. The van der Waals surface area contributed by atoms with Crippen LogP contribution in [0.1, 0.15) is 16.0 Å². The van der Waals surface area contributed by atoms with Gasteiger partial charge in [0, 0.05) is 64.9 Å². The summed E-state index contributed by atoms with van der Waals surface area (Å²) in [5.41, 5.74) is 9.30. The number of thiophene rings is 1. The predicted molar refractivity (Wildman–Crippen MR) is 138 cm³/mol. The maximum atomic E-state index is 12.1. The Morgan fingerprint density at radius 2 is 1.94 bits per heavy atom. The number of H-pyrrole nitrogens is 1. The molecule has 8 heteroatoms. The number of nitrogens with one attached hydrogen (secondary N) is 2. The van der Waals surface area contributed by atoms with Crippen molar-refractivity contribution in [2.75, 3.05) is 19.6 Å². The van der Waals surface area contributed by atoms with Crippen LogP contribution in [0.4, 0.5) is 0 Å². The van der Waals surface area contributed by atoms with E-state index in [1.54, 1.807) is 0 Å². The van der Waals surface area contributed by atoms with Crippen LogP contribution in [-0.2, 0) is 24.8 Å². The van der Waals surface area contributed by atoms with Crippen molar-refractivity contribution < 1.29 is 4.79 Å². The molecule has 174 valence electrons. The highest BCUT2D eigenvalue weighted by molar-refractivity contribution is 7.16. The molecule has 0 spiro atoms. The van der Waals surface area contributed by atoms with E-state index < -0.39 is 0 Å². The van der Waals surface area contributed by atoms with E-state index in [0.29, 0.717) is 13.1 Å². The maximum absolute atomic E-state index is 12.1. The van der Waals surface area contributed by atoms with Crippen LogP contribution in [0, 0.1) is 0 Å². The number of nitrogens with zero attached hydrogens (tertiary/aromatic N) is 4. The first-order valence-corrected chi connectivity index (χ1v) is 12.7. The normalized spacial score (nSPS) is 15.1. The second kappa shape index (κ2) is 7.90. The lowest BCUT2D eigenvalue weighted by Gasteiger charge is -2.27. The summed E-state index contributed by atoms with van der Waals surface area (Å²) in [6.45, 7) is 2.74.